The van der Waals surface area contributed by atoms with Crippen molar-refractivity contribution in [3.63, 3.8) is 0 Å². The largest absolute Gasteiger partial charge is 0.481 e. The van der Waals surface area contributed by atoms with Crippen LogP contribution in [0.2, 0.25) is 0 Å². The summed E-state index contributed by atoms with van der Waals surface area (Å²) < 4.78 is 28.5. The lowest BCUT2D eigenvalue weighted by Gasteiger charge is -2.19. The molecule has 0 fully saturated rings. The smallest absolute Gasteiger partial charge is 0.305 e. The Morgan fingerprint density at radius 1 is 1.08 bits per heavy atom. The first-order valence-electron chi connectivity index (χ1n) is 8.28. The first-order chi connectivity index (χ1) is 11.9. The van der Waals surface area contributed by atoms with Crippen LogP contribution in [0, 0.1) is 0 Å². The molecule has 0 radical (unpaired) electrons. The molecule has 2 aromatic rings. The van der Waals surface area contributed by atoms with Gasteiger partial charge >= 0.3 is 5.97 Å². The zero-order valence-corrected chi connectivity index (χ0v) is 15.2. The summed E-state index contributed by atoms with van der Waals surface area (Å²) in [5.74, 6) is -1.06. The van der Waals surface area contributed by atoms with Crippen LogP contribution in [-0.4, -0.2) is 19.5 Å². The lowest BCUT2D eigenvalue weighted by molar-refractivity contribution is -0.137. The molecule has 134 valence electrons. The number of hydrogen-bond donors (Lipinski definition) is 2. The minimum Gasteiger partial charge on any atom is -0.481 e. The predicted octanol–water partition coefficient (Wildman–Crippen LogP) is 3.31. The molecule has 0 amide bonds. The van der Waals surface area contributed by atoms with Gasteiger partial charge in [-0.2, -0.15) is 0 Å². The fourth-order valence-corrected chi connectivity index (χ4v) is 4.28. The molecule has 0 spiro atoms. The zero-order chi connectivity index (χ0) is 18.4. The number of aliphatic carboxylic acids is 1. The van der Waals surface area contributed by atoms with Crippen LogP contribution in [0.3, 0.4) is 0 Å². The molecule has 6 heteroatoms. The molecule has 0 heterocycles. The van der Waals surface area contributed by atoms with Crippen molar-refractivity contribution < 1.29 is 18.3 Å². The average Bonchev–Trinajstić information content (AvgIpc) is 2.60. The SMILES string of the molecule is CCc1ccc(CC)c(S(=O)(=O)N[C@@H](CC(=O)O)c2ccccc2)c1. The molecule has 0 aromatic heterocycles. The van der Waals surface area contributed by atoms with E-state index in [1.165, 1.54) is 0 Å². The Morgan fingerprint density at radius 3 is 2.32 bits per heavy atom. The van der Waals surface area contributed by atoms with E-state index in [-0.39, 0.29) is 11.3 Å². The average molecular weight is 361 g/mol. The molecule has 0 unspecified atom stereocenters. The second kappa shape index (κ2) is 8.27. The maximum Gasteiger partial charge on any atom is 0.305 e. The second-order valence-corrected chi connectivity index (χ2v) is 7.51. The van der Waals surface area contributed by atoms with Gasteiger partial charge in [-0.15, -0.1) is 0 Å². The predicted molar refractivity (Wildman–Crippen MR) is 97.0 cm³/mol. The lowest BCUT2D eigenvalue weighted by Crippen LogP contribution is -2.31. The molecule has 2 N–H and O–H groups in total. The molecule has 0 saturated heterocycles. The molecule has 1 atom stereocenters. The van der Waals surface area contributed by atoms with E-state index >= 15 is 0 Å². The Morgan fingerprint density at radius 2 is 1.76 bits per heavy atom. The summed E-state index contributed by atoms with van der Waals surface area (Å²) in [5.41, 5.74) is 2.26. The zero-order valence-electron chi connectivity index (χ0n) is 14.4. The number of aryl methyl sites for hydroxylation is 2. The van der Waals surface area contributed by atoms with E-state index in [0.717, 1.165) is 12.0 Å². The van der Waals surface area contributed by atoms with Gasteiger partial charge in [0.15, 0.2) is 0 Å². The number of carboxylic acids is 1. The molecule has 5 nitrogen and oxygen atoms in total. The summed E-state index contributed by atoms with van der Waals surface area (Å²) >= 11 is 0. The van der Waals surface area contributed by atoms with E-state index in [4.69, 9.17) is 5.11 Å². The van der Waals surface area contributed by atoms with Gasteiger partial charge in [-0.3, -0.25) is 4.79 Å². The number of rotatable bonds is 8. The molecular formula is C19H23NO4S. The van der Waals surface area contributed by atoms with Gasteiger partial charge in [0.05, 0.1) is 17.4 Å². The third-order valence-electron chi connectivity index (χ3n) is 4.09. The van der Waals surface area contributed by atoms with Crippen molar-refractivity contribution in [2.24, 2.45) is 0 Å². The van der Waals surface area contributed by atoms with Crippen molar-refractivity contribution in [1.82, 2.24) is 4.72 Å². The third kappa shape index (κ3) is 4.90. The molecule has 0 bridgehead atoms. The minimum atomic E-state index is -3.84. The molecule has 0 aliphatic heterocycles. The number of hydrogen-bond acceptors (Lipinski definition) is 3. The summed E-state index contributed by atoms with van der Waals surface area (Å²) in [7, 11) is -3.84. The van der Waals surface area contributed by atoms with Gasteiger partial charge in [0.25, 0.3) is 0 Å². The van der Waals surface area contributed by atoms with Crippen LogP contribution in [-0.2, 0) is 27.7 Å². The molecule has 0 saturated carbocycles. The molecule has 0 aliphatic rings. The second-order valence-electron chi connectivity index (χ2n) is 5.83. The first kappa shape index (κ1) is 19.1. The standard InChI is InChI=1S/C19H23NO4S/c1-3-14-10-11-15(4-2)18(12-14)25(23,24)20-17(13-19(21)22)16-8-6-5-7-9-16/h5-12,17,20H,3-4,13H2,1-2H3,(H,21,22)/t17-/m0/s1. The number of benzene rings is 2. The normalized spacial score (nSPS) is 12.7. The van der Waals surface area contributed by atoms with E-state index in [2.05, 4.69) is 4.72 Å². The van der Waals surface area contributed by atoms with Crippen molar-refractivity contribution in [2.45, 2.75) is 44.0 Å². The van der Waals surface area contributed by atoms with E-state index in [1.807, 2.05) is 26.0 Å². The highest BCUT2D eigenvalue weighted by atomic mass is 32.2. The highest BCUT2D eigenvalue weighted by Gasteiger charge is 2.25. The summed E-state index contributed by atoms with van der Waals surface area (Å²) in [5, 5.41) is 9.16. The number of carboxylic acid groups (broad SMARTS) is 1. The van der Waals surface area contributed by atoms with Crippen molar-refractivity contribution in [2.75, 3.05) is 0 Å². The molecule has 2 rings (SSSR count). The third-order valence-corrected chi connectivity index (χ3v) is 5.64. The van der Waals surface area contributed by atoms with E-state index in [1.54, 1.807) is 36.4 Å². The number of sulfonamides is 1. The Labute approximate surface area is 148 Å². The summed E-state index contributed by atoms with van der Waals surface area (Å²) in [6.07, 6.45) is 0.983. The highest BCUT2D eigenvalue weighted by molar-refractivity contribution is 7.89. The van der Waals surface area contributed by atoms with Crippen molar-refractivity contribution in [3.8, 4) is 0 Å². The molecule has 0 aliphatic carbocycles. The Kier molecular flexibility index (Phi) is 6.33. The topological polar surface area (TPSA) is 83.5 Å². The van der Waals surface area contributed by atoms with Gasteiger partial charge < -0.3 is 5.11 Å². The lowest BCUT2D eigenvalue weighted by atomic mass is 10.1. The van der Waals surface area contributed by atoms with E-state index in [0.29, 0.717) is 17.5 Å². The number of carbonyl (C=O) groups is 1. The minimum absolute atomic E-state index is 0.223. The van der Waals surface area contributed by atoms with Gasteiger partial charge in [-0.25, -0.2) is 13.1 Å². The van der Waals surface area contributed by atoms with E-state index < -0.39 is 22.0 Å². The highest BCUT2D eigenvalue weighted by Crippen LogP contribution is 2.24. The van der Waals surface area contributed by atoms with Crippen LogP contribution in [0.4, 0.5) is 0 Å². The van der Waals surface area contributed by atoms with Crippen LogP contribution in [0.1, 0.15) is 43.0 Å². The van der Waals surface area contributed by atoms with Gasteiger partial charge in [0.1, 0.15) is 0 Å². The quantitative estimate of drug-likeness (QED) is 0.756. The van der Waals surface area contributed by atoms with Gasteiger partial charge in [-0.1, -0.05) is 56.3 Å². The maximum atomic E-state index is 12.9. The van der Waals surface area contributed by atoms with Crippen LogP contribution in [0.15, 0.2) is 53.4 Å². The van der Waals surface area contributed by atoms with Crippen molar-refractivity contribution in [1.29, 1.82) is 0 Å². The number of nitrogens with one attached hydrogen (secondary N) is 1. The Hall–Kier alpha value is -2.18. The Balaban J connectivity index is 2.42. The maximum absolute atomic E-state index is 12.9. The molecular weight excluding hydrogens is 338 g/mol. The van der Waals surface area contributed by atoms with Crippen molar-refractivity contribution in [3.05, 3.63) is 65.2 Å². The first-order valence-corrected chi connectivity index (χ1v) is 9.76. The van der Waals surface area contributed by atoms with Crippen LogP contribution >= 0.6 is 0 Å². The van der Waals surface area contributed by atoms with Gasteiger partial charge in [0.2, 0.25) is 10.0 Å². The monoisotopic (exact) mass is 361 g/mol. The van der Waals surface area contributed by atoms with Crippen molar-refractivity contribution >= 4 is 16.0 Å². The summed E-state index contributed by atoms with van der Waals surface area (Å²) in [4.78, 5) is 11.4. The fraction of sp³-hybridized carbons (Fsp3) is 0.316. The molecule has 2 aromatic carbocycles. The summed E-state index contributed by atoms with van der Waals surface area (Å²) in [6, 6.07) is 13.4. The van der Waals surface area contributed by atoms with Crippen LogP contribution in [0.25, 0.3) is 0 Å². The molecule has 25 heavy (non-hydrogen) atoms. The van der Waals surface area contributed by atoms with Gasteiger partial charge in [-0.05, 0) is 35.6 Å². The summed E-state index contributed by atoms with van der Waals surface area (Å²) in [6.45, 7) is 3.86. The van der Waals surface area contributed by atoms with Gasteiger partial charge in [0, 0.05) is 0 Å². The van der Waals surface area contributed by atoms with E-state index in [9.17, 15) is 13.2 Å². The Bertz CT molecular complexity index is 832. The van der Waals surface area contributed by atoms with Crippen LogP contribution < -0.4 is 4.72 Å². The fourth-order valence-electron chi connectivity index (χ4n) is 2.70. The van der Waals surface area contributed by atoms with Crippen LogP contribution in [0.5, 0.6) is 0 Å².